The Bertz CT molecular complexity index is 1090. The summed E-state index contributed by atoms with van der Waals surface area (Å²) in [6.07, 6.45) is 9.91. The molecule has 7 nitrogen and oxygen atoms in total. The lowest BCUT2D eigenvalue weighted by molar-refractivity contribution is 0.0717. The molecule has 1 aliphatic carbocycles. The molecule has 35 heavy (non-hydrogen) atoms. The Morgan fingerprint density at radius 1 is 0.971 bits per heavy atom. The van der Waals surface area contributed by atoms with Crippen molar-refractivity contribution in [1.29, 1.82) is 0 Å². The van der Waals surface area contributed by atoms with E-state index in [0.29, 0.717) is 12.0 Å². The van der Waals surface area contributed by atoms with Gasteiger partial charge in [-0.25, -0.2) is 4.98 Å². The van der Waals surface area contributed by atoms with Crippen LogP contribution in [0.4, 0.5) is 5.82 Å². The number of rotatable bonds is 8. The third-order valence-corrected chi connectivity index (χ3v) is 8.16. The predicted molar refractivity (Wildman–Crippen MR) is 138 cm³/mol. The van der Waals surface area contributed by atoms with Gasteiger partial charge in [-0.3, -0.25) is 4.90 Å². The number of hydrogen-bond donors (Lipinski definition) is 1. The fourth-order valence-corrected chi connectivity index (χ4v) is 6.13. The standard InChI is InChI=1S/C28H37N5O2/c1-2-6-21(5-1)15-29-16-22-10-12-27(30-17-22)34-20-23-9-11-24-19-33(14-13-32(24)18-23)28-25-7-3-4-8-26(25)35-31-28/h3-4,7-8,10,12,17,21,23-24,29H,1-2,5-6,9,11,13-16,18-20H2/t23-,24+/m1/s1. The van der Waals surface area contributed by atoms with Crippen molar-refractivity contribution in [3.05, 3.63) is 48.2 Å². The first-order valence-corrected chi connectivity index (χ1v) is 13.4. The first kappa shape index (κ1) is 22.8. The lowest BCUT2D eigenvalue weighted by Gasteiger charge is -2.46. The molecule has 1 saturated carbocycles. The van der Waals surface area contributed by atoms with Crippen LogP contribution in [0.1, 0.15) is 44.1 Å². The van der Waals surface area contributed by atoms with Crippen molar-refractivity contribution in [2.75, 3.05) is 44.2 Å². The monoisotopic (exact) mass is 475 g/mol. The number of ether oxygens (including phenoxy) is 1. The normalized spacial score (nSPS) is 23.6. The van der Waals surface area contributed by atoms with Gasteiger partial charge in [-0.15, -0.1) is 0 Å². The minimum Gasteiger partial charge on any atom is -0.477 e. The molecular formula is C28H37N5O2. The molecule has 3 aliphatic rings. The van der Waals surface area contributed by atoms with E-state index >= 15 is 0 Å². The molecule has 0 unspecified atom stereocenters. The molecular weight excluding hydrogens is 438 g/mol. The Morgan fingerprint density at radius 3 is 2.77 bits per heavy atom. The predicted octanol–water partition coefficient (Wildman–Crippen LogP) is 4.48. The highest BCUT2D eigenvalue weighted by Crippen LogP contribution is 2.31. The van der Waals surface area contributed by atoms with Crippen LogP contribution in [0.2, 0.25) is 0 Å². The number of benzene rings is 1. The highest BCUT2D eigenvalue weighted by molar-refractivity contribution is 5.88. The molecule has 2 aromatic heterocycles. The van der Waals surface area contributed by atoms with Gasteiger partial charge in [-0.1, -0.05) is 36.2 Å². The summed E-state index contributed by atoms with van der Waals surface area (Å²) in [5.74, 6) is 3.16. The molecule has 2 saturated heterocycles. The maximum atomic E-state index is 6.10. The number of piperazine rings is 1. The van der Waals surface area contributed by atoms with Crippen molar-refractivity contribution in [3.63, 3.8) is 0 Å². The minimum absolute atomic E-state index is 0.556. The lowest BCUT2D eigenvalue weighted by Crippen LogP contribution is -2.57. The number of para-hydroxylation sites is 1. The summed E-state index contributed by atoms with van der Waals surface area (Å²) >= 11 is 0. The van der Waals surface area contributed by atoms with E-state index < -0.39 is 0 Å². The zero-order valence-corrected chi connectivity index (χ0v) is 20.6. The van der Waals surface area contributed by atoms with E-state index in [9.17, 15) is 0 Å². The van der Waals surface area contributed by atoms with Crippen LogP contribution >= 0.6 is 0 Å². The van der Waals surface area contributed by atoms with Crippen LogP contribution in [-0.4, -0.2) is 60.4 Å². The molecule has 1 N–H and O–H groups in total. The maximum Gasteiger partial charge on any atom is 0.213 e. The SMILES string of the molecule is c1ccc2c(N3CCN4C[C@H](COc5ccc(CNCC6CCCC6)cn5)CC[C@H]4C3)noc2c1. The van der Waals surface area contributed by atoms with Gasteiger partial charge in [0.25, 0.3) is 0 Å². The zero-order chi connectivity index (χ0) is 23.5. The van der Waals surface area contributed by atoms with Crippen molar-refractivity contribution in [3.8, 4) is 5.88 Å². The van der Waals surface area contributed by atoms with Crippen molar-refractivity contribution in [2.24, 2.45) is 11.8 Å². The van der Waals surface area contributed by atoms with Gasteiger partial charge in [0, 0.05) is 56.9 Å². The van der Waals surface area contributed by atoms with E-state index in [-0.39, 0.29) is 0 Å². The molecule has 0 bridgehead atoms. The average molecular weight is 476 g/mol. The summed E-state index contributed by atoms with van der Waals surface area (Å²) in [6.45, 7) is 6.92. The Kier molecular flexibility index (Phi) is 6.87. The Morgan fingerprint density at radius 2 is 1.89 bits per heavy atom. The largest absolute Gasteiger partial charge is 0.477 e. The van der Waals surface area contributed by atoms with Gasteiger partial charge in [0.15, 0.2) is 11.4 Å². The van der Waals surface area contributed by atoms with E-state index in [1.54, 1.807) is 0 Å². The van der Waals surface area contributed by atoms with Gasteiger partial charge in [0.05, 0.1) is 12.0 Å². The quantitative estimate of drug-likeness (QED) is 0.515. The second-order valence-corrected chi connectivity index (χ2v) is 10.6. The summed E-state index contributed by atoms with van der Waals surface area (Å²) < 4.78 is 11.6. The zero-order valence-electron chi connectivity index (χ0n) is 20.6. The van der Waals surface area contributed by atoms with Crippen molar-refractivity contribution >= 4 is 16.8 Å². The van der Waals surface area contributed by atoms with Crippen molar-refractivity contribution in [1.82, 2.24) is 20.4 Å². The van der Waals surface area contributed by atoms with E-state index in [2.05, 4.69) is 43.5 Å². The number of fused-ring (bicyclic) bond motifs is 2. The Balaban J connectivity index is 0.952. The van der Waals surface area contributed by atoms with Crippen molar-refractivity contribution in [2.45, 2.75) is 51.1 Å². The van der Waals surface area contributed by atoms with E-state index in [0.717, 1.165) is 74.5 Å². The van der Waals surface area contributed by atoms with Crippen LogP contribution in [0, 0.1) is 11.8 Å². The van der Waals surface area contributed by atoms with E-state index in [1.165, 1.54) is 44.1 Å². The van der Waals surface area contributed by atoms with Crippen LogP contribution in [0.3, 0.4) is 0 Å². The molecule has 6 rings (SSSR count). The number of piperidine rings is 1. The molecule has 4 heterocycles. The molecule has 2 atom stereocenters. The molecule has 3 aromatic rings. The molecule has 0 spiro atoms. The minimum atomic E-state index is 0.556. The fraction of sp³-hybridized carbons (Fsp3) is 0.571. The summed E-state index contributed by atoms with van der Waals surface area (Å²) in [7, 11) is 0. The molecule has 1 aromatic carbocycles. The van der Waals surface area contributed by atoms with Gasteiger partial charge >= 0.3 is 0 Å². The Hall–Kier alpha value is -2.64. The van der Waals surface area contributed by atoms with Gasteiger partial charge in [-0.05, 0) is 55.8 Å². The van der Waals surface area contributed by atoms with Crippen LogP contribution in [0.5, 0.6) is 5.88 Å². The molecule has 0 radical (unpaired) electrons. The third kappa shape index (κ3) is 5.31. The lowest BCUT2D eigenvalue weighted by atomic mass is 9.91. The molecule has 0 amide bonds. The summed E-state index contributed by atoms with van der Waals surface area (Å²) in [4.78, 5) is 9.60. The first-order valence-electron chi connectivity index (χ1n) is 13.4. The maximum absolute atomic E-state index is 6.10. The number of pyridine rings is 1. The topological polar surface area (TPSA) is 66.7 Å². The van der Waals surface area contributed by atoms with Crippen LogP contribution in [0.25, 0.3) is 11.0 Å². The first-order chi connectivity index (χ1) is 17.3. The van der Waals surface area contributed by atoms with E-state index in [1.807, 2.05) is 24.4 Å². The summed E-state index contributed by atoms with van der Waals surface area (Å²) in [6, 6.07) is 12.9. The second kappa shape index (κ2) is 10.5. The Labute approximate surface area is 207 Å². The third-order valence-electron chi connectivity index (χ3n) is 8.16. The number of hydrogen-bond acceptors (Lipinski definition) is 7. The number of aromatic nitrogens is 2. The molecule has 2 aliphatic heterocycles. The second-order valence-electron chi connectivity index (χ2n) is 10.6. The van der Waals surface area contributed by atoms with E-state index in [4.69, 9.17) is 9.26 Å². The smallest absolute Gasteiger partial charge is 0.213 e. The fourth-order valence-electron chi connectivity index (χ4n) is 6.13. The molecule has 7 heteroatoms. The molecule has 3 fully saturated rings. The van der Waals surface area contributed by atoms with Gasteiger partial charge in [0.2, 0.25) is 5.88 Å². The van der Waals surface area contributed by atoms with Crippen LogP contribution in [-0.2, 0) is 6.54 Å². The highest BCUT2D eigenvalue weighted by Gasteiger charge is 2.34. The van der Waals surface area contributed by atoms with Crippen molar-refractivity contribution < 1.29 is 9.26 Å². The average Bonchev–Trinajstić information content (AvgIpc) is 3.58. The number of nitrogens with zero attached hydrogens (tertiary/aromatic N) is 4. The summed E-state index contributed by atoms with van der Waals surface area (Å²) in [5, 5.41) is 9.09. The van der Waals surface area contributed by atoms with Crippen LogP contribution in [0.15, 0.2) is 47.1 Å². The van der Waals surface area contributed by atoms with Crippen LogP contribution < -0.4 is 15.0 Å². The number of nitrogens with one attached hydrogen (secondary N) is 1. The highest BCUT2D eigenvalue weighted by atomic mass is 16.5. The number of anilines is 1. The molecule has 186 valence electrons. The van der Waals surface area contributed by atoms with Gasteiger partial charge in [-0.2, -0.15) is 0 Å². The summed E-state index contributed by atoms with van der Waals surface area (Å²) in [5.41, 5.74) is 2.10. The van der Waals surface area contributed by atoms with Gasteiger partial charge in [0.1, 0.15) is 0 Å². The van der Waals surface area contributed by atoms with Gasteiger partial charge < -0.3 is 19.5 Å².